The van der Waals surface area contributed by atoms with Gasteiger partial charge in [0.1, 0.15) is 5.75 Å². The van der Waals surface area contributed by atoms with Crippen LogP contribution in [-0.4, -0.2) is 4.98 Å². The van der Waals surface area contributed by atoms with Gasteiger partial charge in [-0.1, -0.05) is 0 Å². The maximum Gasteiger partial charge on any atom is 0.417 e. The van der Waals surface area contributed by atoms with Crippen LogP contribution in [0.25, 0.3) is 0 Å². The number of pyridine rings is 1. The molecule has 0 aliphatic rings. The van der Waals surface area contributed by atoms with E-state index in [1.807, 2.05) is 6.92 Å². The van der Waals surface area contributed by atoms with Gasteiger partial charge in [0.15, 0.2) is 0 Å². The minimum Gasteiger partial charge on any atom is -0.439 e. The summed E-state index contributed by atoms with van der Waals surface area (Å²) in [7, 11) is 0. The Morgan fingerprint density at radius 1 is 1.10 bits per heavy atom. The Labute approximate surface area is 114 Å². The van der Waals surface area contributed by atoms with Crippen molar-refractivity contribution >= 4 is 5.69 Å². The third-order valence-electron chi connectivity index (χ3n) is 2.84. The average molecular weight is 282 g/mol. The van der Waals surface area contributed by atoms with E-state index in [2.05, 4.69) is 4.98 Å². The van der Waals surface area contributed by atoms with E-state index in [1.165, 1.54) is 6.07 Å². The Hall–Kier alpha value is -2.24. The highest BCUT2D eigenvalue weighted by Crippen LogP contribution is 2.31. The van der Waals surface area contributed by atoms with Crippen LogP contribution in [0.5, 0.6) is 11.6 Å². The summed E-state index contributed by atoms with van der Waals surface area (Å²) in [5, 5.41) is 0. The molecule has 2 N–H and O–H groups in total. The van der Waals surface area contributed by atoms with Gasteiger partial charge in [-0.15, -0.1) is 0 Å². The van der Waals surface area contributed by atoms with Gasteiger partial charge < -0.3 is 10.5 Å². The first-order chi connectivity index (χ1) is 9.27. The van der Waals surface area contributed by atoms with Crippen LogP contribution in [0, 0.1) is 13.8 Å². The highest BCUT2D eigenvalue weighted by molar-refractivity contribution is 5.54. The third kappa shape index (κ3) is 3.01. The lowest BCUT2D eigenvalue weighted by molar-refractivity contribution is -0.137. The lowest BCUT2D eigenvalue weighted by Gasteiger charge is -2.11. The molecule has 0 saturated heterocycles. The molecule has 0 aliphatic carbocycles. The molecular formula is C14H13F3N2O. The first-order valence-corrected chi connectivity index (χ1v) is 5.85. The topological polar surface area (TPSA) is 48.1 Å². The monoisotopic (exact) mass is 282 g/mol. The van der Waals surface area contributed by atoms with Gasteiger partial charge in [0.25, 0.3) is 0 Å². The maximum absolute atomic E-state index is 12.4. The van der Waals surface area contributed by atoms with Crippen LogP contribution in [0.2, 0.25) is 0 Å². The Morgan fingerprint density at radius 2 is 1.80 bits per heavy atom. The van der Waals surface area contributed by atoms with Crippen LogP contribution in [0.3, 0.4) is 0 Å². The van der Waals surface area contributed by atoms with Gasteiger partial charge in [-0.25, -0.2) is 4.98 Å². The van der Waals surface area contributed by atoms with Gasteiger partial charge in [0, 0.05) is 18.0 Å². The van der Waals surface area contributed by atoms with Crippen molar-refractivity contribution in [2.24, 2.45) is 0 Å². The molecule has 6 heteroatoms. The average Bonchev–Trinajstić information content (AvgIpc) is 2.35. The molecule has 2 aromatic rings. The molecule has 1 aromatic carbocycles. The molecular weight excluding hydrogens is 269 g/mol. The molecule has 0 spiro atoms. The lowest BCUT2D eigenvalue weighted by atomic mass is 10.1. The fourth-order valence-corrected chi connectivity index (χ4v) is 1.64. The minimum absolute atomic E-state index is 0.102. The summed E-state index contributed by atoms with van der Waals surface area (Å²) < 4.78 is 42.7. The zero-order chi connectivity index (χ0) is 14.9. The van der Waals surface area contributed by atoms with Crippen LogP contribution in [0.1, 0.15) is 16.7 Å². The van der Waals surface area contributed by atoms with Crippen LogP contribution in [0.4, 0.5) is 18.9 Å². The number of alkyl halides is 3. The molecule has 106 valence electrons. The molecule has 0 radical (unpaired) electrons. The van der Waals surface area contributed by atoms with Gasteiger partial charge in [-0.3, -0.25) is 0 Å². The Bertz CT molecular complexity index is 622. The lowest BCUT2D eigenvalue weighted by Crippen LogP contribution is -2.05. The Balaban J connectivity index is 2.25. The molecule has 3 nitrogen and oxygen atoms in total. The van der Waals surface area contributed by atoms with Crippen molar-refractivity contribution in [1.82, 2.24) is 4.98 Å². The number of nitrogens with two attached hydrogens (primary N) is 1. The van der Waals surface area contributed by atoms with Crippen molar-refractivity contribution in [3.8, 4) is 11.6 Å². The van der Waals surface area contributed by atoms with Crippen molar-refractivity contribution < 1.29 is 17.9 Å². The second kappa shape index (κ2) is 5.03. The van der Waals surface area contributed by atoms with Crippen molar-refractivity contribution in [3.05, 3.63) is 47.2 Å². The van der Waals surface area contributed by atoms with Gasteiger partial charge >= 0.3 is 6.18 Å². The number of hydrogen-bond acceptors (Lipinski definition) is 3. The number of anilines is 1. The molecule has 0 bridgehead atoms. The third-order valence-corrected chi connectivity index (χ3v) is 2.84. The van der Waals surface area contributed by atoms with E-state index in [9.17, 15) is 13.2 Å². The van der Waals surface area contributed by atoms with Crippen molar-refractivity contribution in [1.29, 1.82) is 0 Å². The van der Waals surface area contributed by atoms with Crippen LogP contribution in [0.15, 0.2) is 30.5 Å². The fraction of sp³-hybridized carbons (Fsp3) is 0.214. The number of halogens is 3. The second-order valence-corrected chi connectivity index (χ2v) is 4.46. The molecule has 0 atom stereocenters. The Kier molecular flexibility index (Phi) is 3.57. The number of aryl methyl sites for hydroxylation is 2. The summed E-state index contributed by atoms with van der Waals surface area (Å²) in [6, 6.07) is 5.59. The quantitative estimate of drug-likeness (QED) is 0.844. The fourth-order valence-electron chi connectivity index (χ4n) is 1.64. The number of benzene rings is 1. The molecule has 0 aliphatic heterocycles. The van der Waals surface area contributed by atoms with Gasteiger partial charge in [-0.05, 0) is 43.2 Å². The summed E-state index contributed by atoms with van der Waals surface area (Å²) in [5.74, 6) is 0.620. The van der Waals surface area contributed by atoms with Gasteiger partial charge in [0.05, 0.1) is 5.56 Å². The molecule has 0 saturated carbocycles. The van der Waals surface area contributed by atoms with Gasteiger partial charge in [-0.2, -0.15) is 13.2 Å². The van der Waals surface area contributed by atoms with E-state index in [1.54, 1.807) is 19.1 Å². The standard InChI is InChI=1S/C14H13F3N2O/c1-8-6-12(9(2)5-11(8)18)20-13-4-3-10(7-19-13)14(15,16)17/h3-7H,18H2,1-2H3. The summed E-state index contributed by atoms with van der Waals surface area (Å²) in [6.45, 7) is 3.62. The van der Waals surface area contributed by atoms with Crippen LogP contribution >= 0.6 is 0 Å². The number of nitrogens with zero attached hydrogens (tertiary/aromatic N) is 1. The van der Waals surface area contributed by atoms with E-state index in [4.69, 9.17) is 10.5 Å². The summed E-state index contributed by atoms with van der Waals surface area (Å²) in [6.07, 6.45) is -3.66. The molecule has 0 fully saturated rings. The number of aromatic nitrogens is 1. The maximum atomic E-state index is 12.4. The zero-order valence-corrected chi connectivity index (χ0v) is 11.0. The molecule has 0 unspecified atom stereocenters. The minimum atomic E-state index is -4.40. The predicted molar refractivity (Wildman–Crippen MR) is 69.6 cm³/mol. The smallest absolute Gasteiger partial charge is 0.417 e. The molecule has 20 heavy (non-hydrogen) atoms. The Morgan fingerprint density at radius 3 is 2.35 bits per heavy atom. The van der Waals surface area contributed by atoms with E-state index in [-0.39, 0.29) is 5.88 Å². The molecule has 1 heterocycles. The second-order valence-electron chi connectivity index (χ2n) is 4.46. The molecule has 2 rings (SSSR count). The van der Waals surface area contributed by atoms with Crippen LogP contribution < -0.4 is 10.5 Å². The number of rotatable bonds is 2. The number of ether oxygens (including phenoxy) is 1. The van der Waals surface area contributed by atoms with E-state index in [0.717, 1.165) is 23.4 Å². The summed E-state index contributed by atoms with van der Waals surface area (Å²) >= 11 is 0. The first-order valence-electron chi connectivity index (χ1n) is 5.85. The molecule has 1 aromatic heterocycles. The SMILES string of the molecule is Cc1cc(Oc2ccc(C(F)(F)F)cn2)c(C)cc1N. The number of nitrogen functional groups attached to an aromatic ring is 1. The van der Waals surface area contributed by atoms with E-state index < -0.39 is 11.7 Å². The largest absolute Gasteiger partial charge is 0.439 e. The molecule has 0 amide bonds. The van der Waals surface area contributed by atoms with Crippen molar-refractivity contribution in [3.63, 3.8) is 0 Å². The summed E-state index contributed by atoms with van der Waals surface area (Å²) in [5.41, 5.74) is 7.20. The van der Waals surface area contributed by atoms with Crippen molar-refractivity contribution in [2.75, 3.05) is 5.73 Å². The zero-order valence-electron chi connectivity index (χ0n) is 11.0. The predicted octanol–water partition coefficient (Wildman–Crippen LogP) is 4.09. The summed E-state index contributed by atoms with van der Waals surface area (Å²) in [4.78, 5) is 3.66. The number of hydrogen-bond donors (Lipinski definition) is 1. The normalized spacial score (nSPS) is 11.4. The van der Waals surface area contributed by atoms with Gasteiger partial charge in [0.2, 0.25) is 5.88 Å². The first kappa shape index (κ1) is 14.2. The van der Waals surface area contributed by atoms with Crippen LogP contribution in [-0.2, 0) is 6.18 Å². The highest BCUT2D eigenvalue weighted by Gasteiger charge is 2.30. The van der Waals surface area contributed by atoms with E-state index in [0.29, 0.717) is 11.4 Å². The van der Waals surface area contributed by atoms with E-state index >= 15 is 0 Å². The highest BCUT2D eigenvalue weighted by atomic mass is 19.4. The van der Waals surface area contributed by atoms with Crippen molar-refractivity contribution in [2.45, 2.75) is 20.0 Å².